The van der Waals surface area contributed by atoms with Crippen LogP contribution in [0.15, 0.2) is 48.9 Å². The van der Waals surface area contributed by atoms with Gasteiger partial charge >= 0.3 is 0 Å². The van der Waals surface area contributed by atoms with Gasteiger partial charge in [0, 0.05) is 43.5 Å². The summed E-state index contributed by atoms with van der Waals surface area (Å²) >= 11 is 0. The van der Waals surface area contributed by atoms with E-state index in [0.717, 1.165) is 24.1 Å². The van der Waals surface area contributed by atoms with E-state index in [4.69, 9.17) is 4.74 Å². The summed E-state index contributed by atoms with van der Waals surface area (Å²) in [4.78, 5) is 38.8. The van der Waals surface area contributed by atoms with E-state index < -0.39 is 5.60 Å². The third-order valence-corrected chi connectivity index (χ3v) is 6.17. The lowest BCUT2D eigenvalue weighted by atomic mass is 9.83. The first-order chi connectivity index (χ1) is 14.2. The second kappa shape index (κ2) is 7.22. The molecule has 29 heavy (non-hydrogen) atoms. The Kier molecular flexibility index (Phi) is 4.54. The molecule has 150 valence electrons. The summed E-state index contributed by atoms with van der Waals surface area (Å²) in [6.45, 7) is 2.21. The van der Waals surface area contributed by atoms with E-state index in [2.05, 4.69) is 9.97 Å². The highest BCUT2D eigenvalue weighted by atomic mass is 16.5. The van der Waals surface area contributed by atoms with Crippen LogP contribution in [0.25, 0.3) is 0 Å². The van der Waals surface area contributed by atoms with Crippen LogP contribution in [-0.4, -0.2) is 63.4 Å². The molecule has 0 radical (unpaired) electrons. The zero-order valence-corrected chi connectivity index (χ0v) is 16.2. The molecule has 0 N–H and O–H groups in total. The third-order valence-electron chi connectivity index (χ3n) is 6.17. The maximum absolute atomic E-state index is 13.7. The van der Waals surface area contributed by atoms with E-state index in [1.54, 1.807) is 18.6 Å². The Bertz CT molecular complexity index is 903. The van der Waals surface area contributed by atoms with Crippen molar-refractivity contribution in [1.29, 1.82) is 0 Å². The van der Waals surface area contributed by atoms with Crippen molar-refractivity contribution in [3.63, 3.8) is 0 Å². The van der Waals surface area contributed by atoms with Gasteiger partial charge in [-0.2, -0.15) is 0 Å². The van der Waals surface area contributed by atoms with Crippen molar-refractivity contribution in [2.45, 2.75) is 30.9 Å². The first-order valence-corrected chi connectivity index (χ1v) is 10.2. The first kappa shape index (κ1) is 18.2. The average Bonchev–Trinajstić information content (AvgIpc) is 3.54. The van der Waals surface area contributed by atoms with Crippen LogP contribution >= 0.6 is 0 Å². The van der Waals surface area contributed by atoms with Gasteiger partial charge < -0.3 is 14.5 Å². The van der Waals surface area contributed by atoms with Crippen LogP contribution in [-0.2, 0) is 20.9 Å². The topological polar surface area (TPSA) is 75.6 Å². The molecule has 7 heteroatoms. The highest BCUT2D eigenvalue weighted by molar-refractivity contribution is 5.90. The second-order valence-corrected chi connectivity index (χ2v) is 8.12. The van der Waals surface area contributed by atoms with Crippen molar-refractivity contribution in [2.24, 2.45) is 5.92 Å². The van der Waals surface area contributed by atoms with Crippen LogP contribution < -0.4 is 0 Å². The predicted octanol–water partition coefficient (Wildman–Crippen LogP) is 1.61. The van der Waals surface area contributed by atoms with Crippen LogP contribution in [0.2, 0.25) is 0 Å². The van der Waals surface area contributed by atoms with E-state index >= 15 is 0 Å². The number of hydrogen-bond acceptors (Lipinski definition) is 5. The van der Waals surface area contributed by atoms with Gasteiger partial charge in [0.05, 0.1) is 25.4 Å². The van der Waals surface area contributed by atoms with Gasteiger partial charge in [-0.25, -0.2) is 0 Å². The molecule has 0 bridgehead atoms. The molecule has 0 aromatic carbocycles. The first-order valence-electron chi connectivity index (χ1n) is 10.2. The van der Waals surface area contributed by atoms with Crippen LogP contribution in [0.5, 0.6) is 0 Å². The number of aromatic nitrogens is 2. The number of ether oxygens (including phenoxy) is 1. The Morgan fingerprint density at radius 1 is 1.21 bits per heavy atom. The number of amides is 2. The Hall–Kier alpha value is -2.80. The van der Waals surface area contributed by atoms with Gasteiger partial charge in [-0.3, -0.25) is 19.6 Å². The van der Waals surface area contributed by atoms with Crippen molar-refractivity contribution in [3.05, 3.63) is 60.2 Å². The molecule has 2 aromatic heterocycles. The van der Waals surface area contributed by atoms with E-state index in [-0.39, 0.29) is 23.7 Å². The van der Waals surface area contributed by atoms with Crippen molar-refractivity contribution >= 4 is 11.8 Å². The molecule has 2 amide bonds. The van der Waals surface area contributed by atoms with Crippen molar-refractivity contribution in [2.75, 3.05) is 26.2 Å². The zero-order valence-electron chi connectivity index (χ0n) is 16.2. The van der Waals surface area contributed by atoms with E-state index in [9.17, 15) is 9.59 Å². The molecular formula is C22H24N4O3. The summed E-state index contributed by atoms with van der Waals surface area (Å²) in [5.74, 6) is -0.0238. The molecule has 2 aromatic rings. The summed E-state index contributed by atoms with van der Waals surface area (Å²) in [7, 11) is 0. The average molecular weight is 392 g/mol. The third kappa shape index (κ3) is 3.29. The predicted molar refractivity (Wildman–Crippen MR) is 105 cm³/mol. The van der Waals surface area contributed by atoms with Gasteiger partial charge in [0.25, 0.3) is 5.91 Å². The Morgan fingerprint density at radius 3 is 2.83 bits per heavy atom. The number of likely N-dealkylation sites (tertiary alicyclic amines) is 1. The lowest BCUT2D eigenvalue weighted by molar-refractivity contribution is -0.173. The number of nitrogens with zero attached hydrogens (tertiary/aromatic N) is 4. The number of rotatable bonds is 4. The molecule has 2 aliphatic heterocycles. The monoisotopic (exact) mass is 392 g/mol. The summed E-state index contributed by atoms with van der Waals surface area (Å²) in [6, 6.07) is 9.55. The Balaban J connectivity index is 1.47. The quantitative estimate of drug-likeness (QED) is 0.790. The normalized spacial score (nSPS) is 26.9. The zero-order chi connectivity index (χ0) is 19.8. The van der Waals surface area contributed by atoms with Gasteiger partial charge in [-0.1, -0.05) is 12.1 Å². The lowest BCUT2D eigenvalue weighted by Gasteiger charge is -2.42. The minimum atomic E-state index is -1.05. The Morgan fingerprint density at radius 2 is 2.10 bits per heavy atom. The minimum Gasteiger partial charge on any atom is -0.361 e. The fourth-order valence-electron chi connectivity index (χ4n) is 4.51. The van der Waals surface area contributed by atoms with E-state index in [1.807, 2.05) is 40.1 Å². The number of morpholine rings is 1. The van der Waals surface area contributed by atoms with Gasteiger partial charge in [-0.05, 0) is 36.6 Å². The maximum Gasteiger partial charge on any atom is 0.257 e. The van der Waals surface area contributed by atoms with Crippen LogP contribution in [0, 0.1) is 5.92 Å². The van der Waals surface area contributed by atoms with Gasteiger partial charge in [0.15, 0.2) is 5.60 Å². The summed E-state index contributed by atoms with van der Waals surface area (Å²) in [5.41, 5.74) is 0.729. The van der Waals surface area contributed by atoms with E-state index in [1.165, 1.54) is 0 Å². The number of pyridine rings is 2. The number of carbonyl (C=O) groups is 2. The fourth-order valence-corrected chi connectivity index (χ4v) is 4.51. The maximum atomic E-state index is 13.7. The summed E-state index contributed by atoms with van der Waals surface area (Å²) < 4.78 is 6.22. The molecular weight excluding hydrogens is 368 g/mol. The van der Waals surface area contributed by atoms with Crippen LogP contribution in [0.3, 0.4) is 0 Å². The van der Waals surface area contributed by atoms with Crippen molar-refractivity contribution in [3.8, 4) is 0 Å². The Labute approximate surface area is 169 Å². The largest absolute Gasteiger partial charge is 0.361 e. The van der Waals surface area contributed by atoms with E-state index in [0.29, 0.717) is 32.8 Å². The molecule has 5 rings (SSSR count). The highest BCUT2D eigenvalue weighted by Crippen LogP contribution is 2.44. The molecule has 7 nitrogen and oxygen atoms in total. The SMILES string of the molecule is O=C(C1CC1)N1C[C@H](c2cccnc2)[C@]2(C1)OCCN(Cc1ccccn1)C2=O. The number of hydrogen-bond donors (Lipinski definition) is 0. The second-order valence-electron chi connectivity index (χ2n) is 8.12. The van der Waals surface area contributed by atoms with Gasteiger partial charge in [-0.15, -0.1) is 0 Å². The minimum absolute atomic E-state index is 0.0608. The smallest absolute Gasteiger partial charge is 0.257 e. The fraction of sp³-hybridized carbons (Fsp3) is 0.455. The van der Waals surface area contributed by atoms with Crippen molar-refractivity contribution in [1.82, 2.24) is 19.8 Å². The number of carbonyl (C=O) groups excluding carboxylic acids is 2. The van der Waals surface area contributed by atoms with Crippen molar-refractivity contribution < 1.29 is 14.3 Å². The molecule has 2 atom stereocenters. The molecule has 1 saturated carbocycles. The summed E-state index contributed by atoms with van der Waals surface area (Å²) in [5, 5.41) is 0. The van der Waals surface area contributed by atoms with Crippen LogP contribution in [0.4, 0.5) is 0 Å². The van der Waals surface area contributed by atoms with Gasteiger partial charge in [0.2, 0.25) is 5.91 Å². The molecule has 3 aliphatic rings. The molecule has 0 unspecified atom stereocenters. The summed E-state index contributed by atoms with van der Waals surface area (Å²) in [6.07, 6.45) is 7.13. The molecule has 3 fully saturated rings. The van der Waals surface area contributed by atoms with Crippen LogP contribution in [0.1, 0.15) is 30.0 Å². The van der Waals surface area contributed by atoms with Gasteiger partial charge in [0.1, 0.15) is 0 Å². The lowest BCUT2D eigenvalue weighted by Crippen LogP contribution is -2.60. The highest BCUT2D eigenvalue weighted by Gasteiger charge is 2.58. The standard InChI is InChI=1S/C22H24N4O3/c27-20(16-6-7-16)26-14-19(17-4-3-8-23-12-17)22(15-26)21(28)25(10-11-29-22)13-18-5-1-2-9-24-18/h1-5,8-9,12,16,19H,6-7,10-11,13-15H2/t19-,22+/m1/s1. The molecule has 2 saturated heterocycles. The molecule has 1 spiro atoms. The molecule has 1 aliphatic carbocycles. The molecule has 4 heterocycles.